The average Bonchev–Trinajstić information content (AvgIpc) is 3.15. The lowest BCUT2D eigenvalue weighted by atomic mass is 10.0. The topological polar surface area (TPSA) is 89.8 Å². The molecule has 0 saturated carbocycles. The maximum absolute atomic E-state index is 12.6. The Kier molecular flexibility index (Phi) is 6.66. The molecule has 3 aromatic rings. The molecule has 0 saturated heterocycles. The summed E-state index contributed by atoms with van der Waals surface area (Å²) in [5, 5.41) is 4.99. The lowest BCUT2D eigenvalue weighted by Crippen LogP contribution is -2.42. The fourth-order valence-corrected chi connectivity index (χ4v) is 3.60. The first kappa shape index (κ1) is 21.0. The number of ether oxygens (including phenoxy) is 1. The molecule has 1 N–H and O–H groups in total. The number of carbonyl (C=O) groups excluding carboxylic acids is 2. The Morgan fingerprint density at radius 3 is 2.69 bits per heavy atom. The summed E-state index contributed by atoms with van der Waals surface area (Å²) in [6.45, 7) is 3.75. The summed E-state index contributed by atoms with van der Waals surface area (Å²) in [5.74, 6) is -0.807. The van der Waals surface area contributed by atoms with Crippen LogP contribution in [-0.4, -0.2) is 27.3 Å². The van der Waals surface area contributed by atoms with Crippen molar-refractivity contribution < 1.29 is 14.3 Å². The molecule has 9 heteroatoms. The van der Waals surface area contributed by atoms with Gasteiger partial charge in [0.1, 0.15) is 12.6 Å². The molecular formula is C20H20ClN3O4S. The second-order valence-electron chi connectivity index (χ2n) is 6.91. The number of thiazole rings is 1. The zero-order chi connectivity index (χ0) is 21.0. The summed E-state index contributed by atoms with van der Waals surface area (Å²) in [5.41, 5.74) is 0.518. The first-order chi connectivity index (χ1) is 13.8. The van der Waals surface area contributed by atoms with Crippen LogP contribution in [0.4, 0.5) is 0 Å². The van der Waals surface area contributed by atoms with E-state index in [4.69, 9.17) is 16.3 Å². The molecule has 29 heavy (non-hydrogen) atoms. The minimum atomic E-state index is -0.815. The van der Waals surface area contributed by atoms with Crippen molar-refractivity contribution in [3.8, 4) is 0 Å². The lowest BCUT2D eigenvalue weighted by Gasteiger charge is -2.19. The van der Waals surface area contributed by atoms with E-state index in [0.29, 0.717) is 27.7 Å². The van der Waals surface area contributed by atoms with E-state index in [1.165, 1.54) is 21.8 Å². The summed E-state index contributed by atoms with van der Waals surface area (Å²) in [6.07, 6.45) is 2.05. The highest BCUT2D eigenvalue weighted by atomic mass is 35.5. The molecule has 0 bridgehead atoms. The maximum atomic E-state index is 12.6. The van der Waals surface area contributed by atoms with Gasteiger partial charge in [-0.05, 0) is 36.6 Å². The largest absolute Gasteiger partial charge is 0.458 e. The van der Waals surface area contributed by atoms with Crippen molar-refractivity contribution in [2.45, 2.75) is 32.9 Å². The molecule has 2 heterocycles. The van der Waals surface area contributed by atoms with Gasteiger partial charge in [-0.1, -0.05) is 25.4 Å². The Hall–Kier alpha value is -2.71. The van der Waals surface area contributed by atoms with Crippen LogP contribution >= 0.6 is 22.9 Å². The number of hydrogen-bond donors (Lipinski definition) is 1. The minimum Gasteiger partial charge on any atom is -0.458 e. The predicted octanol–water partition coefficient (Wildman–Crippen LogP) is 3.30. The number of nitrogens with one attached hydrogen (secondary N) is 1. The first-order valence-electron chi connectivity index (χ1n) is 9.02. The molecule has 0 radical (unpaired) electrons. The molecule has 152 valence electrons. The van der Waals surface area contributed by atoms with E-state index in [2.05, 4.69) is 10.3 Å². The Balaban J connectivity index is 1.68. The Morgan fingerprint density at radius 2 is 2.00 bits per heavy atom. The van der Waals surface area contributed by atoms with E-state index in [9.17, 15) is 14.4 Å². The van der Waals surface area contributed by atoms with Crippen molar-refractivity contribution in [1.29, 1.82) is 0 Å². The van der Waals surface area contributed by atoms with Gasteiger partial charge >= 0.3 is 5.97 Å². The monoisotopic (exact) mass is 433 g/mol. The van der Waals surface area contributed by atoms with Gasteiger partial charge in [0.25, 0.3) is 11.5 Å². The SMILES string of the molecule is CC(C)CC(NC(=O)c1ccc(Cl)cc1)C(=O)OCc1cc(=O)n2ccsc2n1. The van der Waals surface area contributed by atoms with Crippen LogP contribution in [0, 0.1) is 5.92 Å². The highest BCUT2D eigenvalue weighted by Crippen LogP contribution is 2.13. The van der Waals surface area contributed by atoms with Crippen LogP contribution in [-0.2, 0) is 16.1 Å². The Bertz CT molecular complexity index is 1080. The van der Waals surface area contributed by atoms with Crippen molar-refractivity contribution >= 4 is 39.8 Å². The van der Waals surface area contributed by atoms with E-state index in [1.807, 2.05) is 13.8 Å². The summed E-state index contributed by atoms with van der Waals surface area (Å²) in [4.78, 5) is 41.9. The molecule has 1 atom stereocenters. The van der Waals surface area contributed by atoms with Crippen molar-refractivity contribution in [2.75, 3.05) is 0 Å². The number of aromatic nitrogens is 2. The zero-order valence-electron chi connectivity index (χ0n) is 15.9. The summed E-state index contributed by atoms with van der Waals surface area (Å²) in [7, 11) is 0. The molecule has 1 amide bonds. The number of benzene rings is 1. The number of hydrogen-bond acceptors (Lipinski definition) is 6. The van der Waals surface area contributed by atoms with Crippen LogP contribution in [0.1, 0.15) is 36.3 Å². The maximum Gasteiger partial charge on any atom is 0.329 e. The molecular weight excluding hydrogens is 414 g/mol. The molecule has 7 nitrogen and oxygen atoms in total. The third-order valence-corrected chi connectivity index (χ3v) is 5.13. The van der Waals surface area contributed by atoms with E-state index in [1.54, 1.807) is 35.8 Å². The number of carbonyl (C=O) groups is 2. The standard InChI is InChI=1S/C20H20ClN3O4S/c1-12(2)9-16(23-18(26)13-3-5-14(21)6-4-13)19(27)28-11-15-10-17(25)24-7-8-29-20(24)22-15/h3-8,10,12,16H,9,11H2,1-2H3,(H,23,26). The zero-order valence-corrected chi connectivity index (χ0v) is 17.5. The number of rotatable bonds is 7. The number of halogens is 1. The molecule has 0 spiro atoms. The molecule has 2 aromatic heterocycles. The van der Waals surface area contributed by atoms with Crippen molar-refractivity contribution in [2.24, 2.45) is 5.92 Å². The molecule has 0 aliphatic carbocycles. The molecule has 1 aromatic carbocycles. The van der Waals surface area contributed by atoms with Gasteiger partial charge in [0.05, 0.1) is 5.69 Å². The number of esters is 1. The van der Waals surface area contributed by atoms with Gasteiger partial charge in [-0.15, -0.1) is 11.3 Å². The van der Waals surface area contributed by atoms with Gasteiger partial charge in [-0.3, -0.25) is 14.0 Å². The third kappa shape index (κ3) is 5.42. The van der Waals surface area contributed by atoms with Gasteiger partial charge < -0.3 is 10.1 Å². The van der Waals surface area contributed by atoms with E-state index in [-0.39, 0.29) is 24.0 Å². The quantitative estimate of drug-likeness (QED) is 0.577. The van der Waals surface area contributed by atoms with Crippen molar-refractivity contribution in [1.82, 2.24) is 14.7 Å². The van der Waals surface area contributed by atoms with Gasteiger partial charge in [0.15, 0.2) is 4.96 Å². The predicted molar refractivity (Wildman–Crippen MR) is 111 cm³/mol. The van der Waals surface area contributed by atoms with Gasteiger partial charge in [0, 0.05) is 28.2 Å². The summed E-state index contributed by atoms with van der Waals surface area (Å²) >= 11 is 7.16. The number of nitrogens with zero attached hydrogens (tertiary/aromatic N) is 2. The lowest BCUT2D eigenvalue weighted by molar-refractivity contribution is -0.147. The van der Waals surface area contributed by atoms with E-state index < -0.39 is 12.0 Å². The summed E-state index contributed by atoms with van der Waals surface area (Å²) in [6, 6.07) is 6.90. The van der Waals surface area contributed by atoms with Crippen molar-refractivity contribution in [3.05, 3.63) is 68.5 Å². The third-order valence-electron chi connectivity index (χ3n) is 4.12. The minimum absolute atomic E-state index is 0.145. The fraction of sp³-hybridized carbons (Fsp3) is 0.300. The van der Waals surface area contributed by atoms with Crippen LogP contribution in [0.3, 0.4) is 0 Å². The molecule has 0 aliphatic rings. The van der Waals surface area contributed by atoms with Crippen molar-refractivity contribution in [3.63, 3.8) is 0 Å². The Labute approximate surface area is 176 Å². The highest BCUT2D eigenvalue weighted by Gasteiger charge is 2.24. The average molecular weight is 434 g/mol. The van der Waals surface area contributed by atoms with Gasteiger partial charge in [-0.25, -0.2) is 9.78 Å². The summed E-state index contributed by atoms with van der Waals surface area (Å²) < 4.78 is 6.77. The highest BCUT2D eigenvalue weighted by molar-refractivity contribution is 7.15. The van der Waals surface area contributed by atoms with Gasteiger partial charge in [-0.2, -0.15) is 0 Å². The van der Waals surface area contributed by atoms with E-state index >= 15 is 0 Å². The number of amides is 1. The van der Waals surface area contributed by atoms with Crippen LogP contribution in [0.5, 0.6) is 0 Å². The van der Waals surface area contributed by atoms with Crippen LogP contribution in [0.2, 0.25) is 5.02 Å². The molecule has 0 aliphatic heterocycles. The number of fused-ring (bicyclic) bond motifs is 1. The van der Waals surface area contributed by atoms with Gasteiger partial charge in [0.2, 0.25) is 0 Å². The normalized spacial score (nSPS) is 12.1. The van der Waals surface area contributed by atoms with Crippen LogP contribution in [0.25, 0.3) is 4.96 Å². The van der Waals surface area contributed by atoms with E-state index in [0.717, 1.165) is 0 Å². The smallest absolute Gasteiger partial charge is 0.329 e. The molecule has 1 unspecified atom stereocenters. The van der Waals surface area contributed by atoms with Crippen LogP contribution in [0.15, 0.2) is 46.7 Å². The Morgan fingerprint density at radius 1 is 1.28 bits per heavy atom. The fourth-order valence-electron chi connectivity index (χ4n) is 2.74. The second kappa shape index (κ2) is 9.19. The molecule has 0 fully saturated rings. The molecule has 3 rings (SSSR count). The first-order valence-corrected chi connectivity index (χ1v) is 10.3. The van der Waals surface area contributed by atoms with Crippen LogP contribution < -0.4 is 10.9 Å². The second-order valence-corrected chi connectivity index (χ2v) is 8.22.